The number of hydrogen-bond donors (Lipinski definition) is 1. The van der Waals surface area contributed by atoms with E-state index in [4.69, 9.17) is 5.73 Å². The highest BCUT2D eigenvalue weighted by Crippen LogP contribution is 2.14. The Hall–Kier alpha value is -1.83. The van der Waals surface area contributed by atoms with Crippen LogP contribution in [-0.2, 0) is 6.42 Å². The van der Waals surface area contributed by atoms with Crippen LogP contribution >= 0.6 is 0 Å². The Balaban J connectivity index is 2.27. The van der Waals surface area contributed by atoms with Gasteiger partial charge in [0.15, 0.2) is 0 Å². The Bertz CT molecular complexity index is 484. The summed E-state index contributed by atoms with van der Waals surface area (Å²) in [5.74, 6) is 0.585. The molecule has 82 valence electrons. The second-order valence-corrected chi connectivity index (χ2v) is 4.26. The van der Waals surface area contributed by atoms with Gasteiger partial charge >= 0.3 is 0 Å². The van der Waals surface area contributed by atoms with E-state index in [1.165, 1.54) is 22.3 Å². The van der Waals surface area contributed by atoms with Crippen molar-refractivity contribution in [2.45, 2.75) is 20.3 Å². The lowest BCUT2D eigenvalue weighted by Gasteiger charge is -2.05. The number of pyridine rings is 1. The summed E-state index contributed by atoms with van der Waals surface area (Å²) in [5, 5.41) is 0. The maximum atomic E-state index is 5.66. The Kier molecular flexibility index (Phi) is 2.91. The minimum atomic E-state index is 0.585. The van der Waals surface area contributed by atoms with Crippen molar-refractivity contribution in [1.82, 2.24) is 4.98 Å². The second kappa shape index (κ2) is 4.35. The Labute approximate surface area is 96.1 Å². The van der Waals surface area contributed by atoms with Gasteiger partial charge in [-0.1, -0.05) is 29.3 Å². The van der Waals surface area contributed by atoms with Crippen molar-refractivity contribution in [3.05, 3.63) is 58.8 Å². The molecule has 2 N–H and O–H groups in total. The van der Waals surface area contributed by atoms with Gasteiger partial charge in [-0.2, -0.15) is 0 Å². The van der Waals surface area contributed by atoms with Crippen LogP contribution in [0.4, 0.5) is 5.82 Å². The zero-order valence-electron chi connectivity index (χ0n) is 9.70. The minimum absolute atomic E-state index is 0.585. The third-order valence-electron chi connectivity index (χ3n) is 2.54. The van der Waals surface area contributed by atoms with Crippen LogP contribution in [0.2, 0.25) is 0 Å². The van der Waals surface area contributed by atoms with Crippen LogP contribution in [0.1, 0.15) is 22.3 Å². The predicted molar refractivity (Wildman–Crippen MR) is 67.4 cm³/mol. The van der Waals surface area contributed by atoms with Crippen molar-refractivity contribution in [2.24, 2.45) is 0 Å². The number of rotatable bonds is 2. The van der Waals surface area contributed by atoms with Crippen molar-refractivity contribution in [3.63, 3.8) is 0 Å². The molecule has 2 heteroatoms. The molecule has 0 aliphatic rings. The lowest BCUT2D eigenvalue weighted by atomic mass is 10.0. The molecule has 1 heterocycles. The Morgan fingerprint density at radius 1 is 1.00 bits per heavy atom. The van der Waals surface area contributed by atoms with Crippen LogP contribution in [0.3, 0.4) is 0 Å². The number of benzene rings is 1. The molecule has 1 aromatic carbocycles. The molecule has 2 rings (SSSR count). The summed E-state index contributed by atoms with van der Waals surface area (Å²) in [4.78, 5) is 3.99. The zero-order chi connectivity index (χ0) is 11.5. The highest BCUT2D eigenvalue weighted by molar-refractivity contribution is 5.37. The molecule has 1 aromatic heterocycles. The first-order chi connectivity index (χ1) is 7.63. The molecule has 2 aromatic rings. The predicted octanol–water partition coefficient (Wildman–Crippen LogP) is 2.87. The topological polar surface area (TPSA) is 38.9 Å². The fourth-order valence-corrected chi connectivity index (χ4v) is 2.01. The van der Waals surface area contributed by atoms with Gasteiger partial charge in [0.05, 0.1) is 0 Å². The molecule has 2 nitrogen and oxygen atoms in total. The standard InChI is InChI=1S/C14H16N2/c1-10-5-11(2)7-13(6-10)8-12-3-4-16-14(15)9-12/h3-7,9H,8H2,1-2H3,(H2,15,16). The fraction of sp³-hybridized carbons (Fsp3) is 0.214. The van der Waals surface area contributed by atoms with Gasteiger partial charge in [0.25, 0.3) is 0 Å². The van der Waals surface area contributed by atoms with E-state index >= 15 is 0 Å². The van der Waals surface area contributed by atoms with Crippen molar-refractivity contribution in [3.8, 4) is 0 Å². The van der Waals surface area contributed by atoms with Gasteiger partial charge < -0.3 is 5.73 Å². The fourth-order valence-electron chi connectivity index (χ4n) is 2.01. The molecule has 16 heavy (non-hydrogen) atoms. The zero-order valence-corrected chi connectivity index (χ0v) is 9.70. The molecule has 0 bridgehead atoms. The minimum Gasteiger partial charge on any atom is -0.384 e. The highest BCUT2D eigenvalue weighted by Gasteiger charge is 1.99. The van der Waals surface area contributed by atoms with E-state index in [1.54, 1.807) is 6.20 Å². The van der Waals surface area contributed by atoms with Crippen LogP contribution in [0.15, 0.2) is 36.5 Å². The normalized spacial score (nSPS) is 10.4. The molecule has 0 unspecified atom stereocenters. The molecule has 0 fully saturated rings. The number of nitrogens with two attached hydrogens (primary N) is 1. The number of aryl methyl sites for hydroxylation is 2. The molecule has 0 atom stereocenters. The van der Waals surface area contributed by atoms with Crippen LogP contribution in [-0.4, -0.2) is 4.98 Å². The molecule has 0 radical (unpaired) electrons. The first kappa shape index (κ1) is 10.7. The molecule has 0 saturated heterocycles. The van der Waals surface area contributed by atoms with Crippen molar-refractivity contribution in [2.75, 3.05) is 5.73 Å². The van der Waals surface area contributed by atoms with Gasteiger partial charge in [-0.3, -0.25) is 0 Å². The number of anilines is 1. The average molecular weight is 212 g/mol. The quantitative estimate of drug-likeness (QED) is 0.831. The summed E-state index contributed by atoms with van der Waals surface area (Å²) < 4.78 is 0. The largest absolute Gasteiger partial charge is 0.384 e. The van der Waals surface area contributed by atoms with Crippen molar-refractivity contribution in [1.29, 1.82) is 0 Å². The number of hydrogen-bond acceptors (Lipinski definition) is 2. The summed E-state index contributed by atoms with van der Waals surface area (Å²) in [6.45, 7) is 4.24. The van der Waals surface area contributed by atoms with E-state index < -0.39 is 0 Å². The van der Waals surface area contributed by atoms with Crippen molar-refractivity contribution >= 4 is 5.82 Å². The lowest BCUT2D eigenvalue weighted by Crippen LogP contribution is -1.94. The van der Waals surface area contributed by atoms with Crippen LogP contribution in [0.5, 0.6) is 0 Å². The van der Waals surface area contributed by atoms with E-state index in [0.29, 0.717) is 5.82 Å². The van der Waals surface area contributed by atoms with E-state index in [2.05, 4.69) is 37.0 Å². The molecule has 0 aliphatic heterocycles. The highest BCUT2D eigenvalue weighted by atomic mass is 14.8. The van der Waals surface area contributed by atoms with Gasteiger partial charge in [0.2, 0.25) is 0 Å². The van der Waals surface area contributed by atoms with Gasteiger partial charge in [0.1, 0.15) is 5.82 Å². The van der Waals surface area contributed by atoms with Gasteiger partial charge in [-0.15, -0.1) is 0 Å². The Morgan fingerprint density at radius 2 is 1.69 bits per heavy atom. The smallest absolute Gasteiger partial charge is 0.123 e. The summed E-state index contributed by atoms with van der Waals surface area (Å²) in [7, 11) is 0. The second-order valence-electron chi connectivity index (χ2n) is 4.26. The molecular weight excluding hydrogens is 196 g/mol. The third kappa shape index (κ3) is 2.60. The van der Waals surface area contributed by atoms with E-state index in [0.717, 1.165) is 6.42 Å². The van der Waals surface area contributed by atoms with E-state index in [9.17, 15) is 0 Å². The molecule has 0 spiro atoms. The number of nitrogen functional groups attached to an aromatic ring is 1. The molecule has 0 amide bonds. The monoisotopic (exact) mass is 212 g/mol. The SMILES string of the molecule is Cc1cc(C)cc(Cc2ccnc(N)c2)c1. The average Bonchev–Trinajstić information content (AvgIpc) is 2.15. The van der Waals surface area contributed by atoms with E-state index in [-0.39, 0.29) is 0 Å². The van der Waals surface area contributed by atoms with E-state index in [1.807, 2.05) is 12.1 Å². The summed E-state index contributed by atoms with van der Waals surface area (Å²) >= 11 is 0. The number of aromatic nitrogens is 1. The van der Waals surface area contributed by atoms with Gasteiger partial charge in [-0.05, 0) is 43.5 Å². The van der Waals surface area contributed by atoms with Crippen LogP contribution in [0.25, 0.3) is 0 Å². The molecular formula is C14H16N2. The summed E-state index contributed by atoms with van der Waals surface area (Å²) in [6, 6.07) is 10.5. The maximum absolute atomic E-state index is 5.66. The third-order valence-corrected chi connectivity index (χ3v) is 2.54. The van der Waals surface area contributed by atoms with Gasteiger partial charge in [-0.25, -0.2) is 4.98 Å². The first-order valence-electron chi connectivity index (χ1n) is 5.41. The van der Waals surface area contributed by atoms with Crippen molar-refractivity contribution < 1.29 is 0 Å². The molecule has 0 aliphatic carbocycles. The van der Waals surface area contributed by atoms with Crippen LogP contribution in [0, 0.1) is 13.8 Å². The molecule has 0 saturated carbocycles. The Morgan fingerprint density at radius 3 is 2.31 bits per heavy atom. The number of nitrogens with zero attached hydrogens (tertiary/aromatic N) is 1. The van der Waals surface area contributed by atoms with Crippen LogP contribution < -0.4 is 5.73 Å². The van der Waals surface area contributed by atoms with Gasteiger partial charge in [0, 0.05) is 6.20 Å². The summed E-state index contributed by atoms with van der Waals surface area (Å²) in [5.41, 5.74) is 10.8. The lowest BCUT2D eigenvalue weighted by molar-refractivity contribution is 1.15. The summed E-state index contributed by atoms with van der Waals surface area (Å²) in [6.07, 6.45) is 2.67. The maximum Gasteiger partial charge on any atom is 0.123 e. The first-order valence-corrected chi connectivity index (χ1v) is 5.41.